The van der Waals surface area contributed by atoms with Gasteiger partial charge in [-0.1, -0.05) is 0 Å². The maximum Gasteiger partial charge on any atom is 0.256 e. The van der Waals surface area contributed by atoms with Crippen LogP contribution in [-0.2, 0) is 13.0 Å². The zero-order valence-corrected chi connectivity index (χ0v) is 14.6. The van der Waals surface area contributed by atoms with Gasteiger partial charge in [0.05, 0.1) is 5.56 Å². The maximum absolute atomic E-state index is 12.5. The predicted octanol–water partition coefficient (Wildman–Crippen LogP) is 3.41. The van der Waals surface area contributed by atoms with E-state index >= 15 is 0 Å². The van der Waals surface area contributed by atoms with Crippen molar-refractivity contribution in [1.29, 1.82) is 0 Å². The second kappa shape index (κ2) is 5.08. The average molecular weight is 384 g/mol. The number of anilines is 1. The number of carbonyl (C=O) groups excluding carboxylic acids is 1. The molecule has 4 rings (SSSR count). The molecular weight excluding hydrogens is 370 g/mol. The summed E-state index contributed by atoms with van der Waals surface area (Å²) >= 11 is 6.84. The Bertz CT molecular complexity index is 724. The first kappa shape index (κ1) is 13.8. The minimum absolute atomic E-state index is 0.0559. The van der Waals surface area contributed by atoms with Crippen molar-refractivity contribution in [3.05, 3.63) is 36.8 Å². The van der Waals surface area contributed by atoms with Crippen LogP contribution in [0.4, 0.5) is 5.00 Å². The van der Waals surface area contributed by atoms with Gasteiger partial charge in [0.2, 0.25) is 0 Å². The molecule has 2 aliphatic rings. The van der Waals surface area contributed by atoms with E-state index < -0.39 is 0 Å². The lowest BCUT2D eigenvalue weighted by molar-refractivity contribution is 0.0935. The molecule has 0 saturated heterocycles. The number of fused-ring (bicyclic) bond motifs is 3. The van der Waals surface area contributed by atoms with Crippen LogP contribution >= 0.6 is 38.6 Å². The number of hydrogen-bond donors (Lipinski definition) is 2. The molecule has 7 heteroatoms. The van der Waals surface area contributed by atoms with Crippen molar-refractivity contribution >= 4 is 49.5 Å². The van der Waals surface area contributed by atoms with E-state index in [0.29, 0.717) is 0 Å². The summed E-state index contributed by atoms with van der Waals surface area (Å²) in [7, 11) is 2.13. The molecule has 2 aliphatic heterocycles. The Morgan fingerprint density at radius 1 is 1.43 bits per heavy atom. The fourth-order valence-corrected chi connectivity index (χ4v) is 5.66. The van der Waals surface area contributed by atoms with Crippen LogP contribution in [0.5, 0.6) is 0 Å². The molecule has 0 unspecified atom stereocenters. The van der Waals surface area contributed by atoms with E-state index in [1.807, 2.05) is 5.38 Å². The summed E-state index contributed by atoms with van der Waals surface area (Å²) in [6.45, 7) is 1.96. The van der Waals surface area contributed by atoms with E-state index in [1.54, 1.807) is 22.7 Å². The number of nitrogens with one attached hydrogen (secondary N) is 2. The van der Waals surface area contributed by atoms with Crippen LogP contribution in [0, 0.1) is 0 Å². The number of halogens is 1. The van der Waals surface area contributed by atoms with Gasteiger partial charge in [0.1, 0.15) is 11.2 Å². The largest absolute Gasteiger partial charge is 0.352 e. The number of nitrogens with zero attached hydrogens (tertiary/aromatic N) is 1. The summed E-state index contributed by atoms with van der Waals surface area (Å²) in [5, 5.41) is 9.63. The van der Waals surface area contributed by atoms with Crippen LogP contribution in [0.2, 0.25) is 0 Å². The third kappa shape index (κ3) is 2.32. The van der Waals surface area contributed by atoms with E-state index in [0.717, 1.165) is 39.4 Å². The highest BCUT2D eigenvalue weighted by molar-refractivity contribution is 9.10. The number of rotatable bonds is 1. The standard InChI is InChI=1S/C14H14BrN3OS2/c1-18-3-2-8-10(5-18)21-14-11(8)13(19)16-12(17-14)9-4-7(15)6-20-9/h4,6,12,17H,2-3,5H2,1H3,(H,16,19)/t12-/m1/s1. The second-order valence-corrected chi connectivity index (χ2v) is 8.38. The Morgan fingerprint density at radius 2 is 2.29 bits per heavy atom. The molecule has 4 nitrogen and oxygen atoms in total. The van der Waals surface area contributed by atoms with Gasteiger partial charge >= 0.3 is 0 Å². The molecule has 21 heavy (non-hydrogen) atoms. The molecule has 0 radical (unpaired) electrons. The van der Waals surface area contributed by atoms with Gasteiger partial charge in [0, 0.05) is 32.7 Å². The van der Waals surface area contributed by atoms with E-state index in [9.17, 15) is 4.79 Å². The molecule has 0 saturated carbocycles. The number of likely N-dealkylation sites (N-methyl/N-ethyl adjacent to an activating group) is 1. The Labute approximate surface area is 139 Å². The molecule has 1 atom stereocenters. The van der Waals surface area contributed by atoms with Crippen molar-refractivity contribution in [3.8, 4) is 0 Å². The third-order valence-electron chi connectivity index (χ3n) is 3.90. The molecule has 0 spiro atoms. The average Bonchev–Trinajstić information content (AvgIpc) is 3.01. The fraction of sp³-hybridized carbons (Fsp3) is 0.357. The van der Waals surface area contributed by atoms with Gasteiger partial charge in [-0.15, -0.1) is 22.7 Å². The van der Waals surface area contributed by atoms with Crippen molar-refractivity contribution in [2.75, 3.05) is 18.9 Å². The van der Waals surface area contributed by atoms with Gasteiger partial charge in [-0.2, -0.15) is 0 Å². The van der Waals surface area contributed by atoms with Gasteiger partial charge in [-0.3, -0.25) is 4.79 Å². The van der Waals surface area contributed by atoms with Gasteiger partial charge in [-0.05, 0) is 41.0 Å². The maximum atomic E-state index is 12.5. The van der Waals surface area contributed by atoms with Gasteiger partial charge in [0.15, 0.2) is 0 Å². The minimum Gasteiger partial charge on any atom is -0.352 e. The van der Waals surface area contributed by atoms with Crippen molar-refractivity contribution in [3.63, 3.8) is 0 Å². The lowest BCUT2D eigenvalue weighted by Crippen LogP contribution is -2.38. The minimum atomic E-state index is -0.126. The van der Waals surface area contributed by atoms with Gasteiger partial charge in [0.25, 0.3) is 5.91 Å². The first-order valence-electron chi connectivity index (χ1n) is 6.76. The van der Waals surface area contributed by atoms with E-state index in [-0.39, 0.29) is 12.1 Å². The molecule has 0 fully saturated rings. The topological polar surface area (TPSA) is 44.4 Å². The molecule has 1 amide bonds. The molecule has 2 N–H and O–H groups in total. The van der Waals surface area contributed by atoms with Crippen molar-refractivity contribution < 1.29 is 4.79 Å². The lowest BCUT2D eigenvalue weighted by atomic mass is 10.0. The van der Waals surface area contributed by atoms with Gasteiger partial charge < -0.3 is 15.5 Å². The summed E-state index contributed by atoms with van der Waals surface area (Å²) in [4.78, 5) is 17.3. The van der Waals surface area contributed by atoms with Crippen molar-refractivity contribution in [2.24, 2.45) is 0 Å². The van der Waals surface area contributed by atoms with Crippen LogP contribution in [0.3, 0.4) is 0 Å². The van der Waals surface area contributed by atoms with E-state index in [2.05, 4.69) is 44.6 Å². The SMILES string of the molecule is CN1CCc2c(sc3c2C(=O)N[C@@H](c2cc(Br)cs2)N3)C1. The van der Waals surface area contributed by atoms with Crippen LogP contribution in [0.25, 0.3) is 0 Å². The van der Waals surface area contributed by atoms with E-state index in [4.69, 9.17) is 0 Å². The number of amides is 1. The summed E-state index contributed by atoms with van der Waals surface area (Å²) in [6.07, 6.45) is 0.834. The zero-order chi connectivity index (χ0) is 14.6. The van der Waals surface area contributed by atoms with Crippen molar-refractivity contribution in [2.45, 2.75) is 19.1 Å². The molecule has 0 aliphatic carbocycles. The molecule has 4 heterocycles. The third-order valence-corrected chi connectivity index (χ3v) is 6.80. The summed E-state index contributed by atoms with van der Waals surface area (Å²) in [6, 6.07) is 2.05. The van der Waals surface area contributed by atoms with Crippen LogP contribution < -0.4 is 10.6 Å². The Hall–Kier alpha value is -0.890. The highest BCUT2D eigenvalue weighted by Crippen LogP contribution is 2.41. The quantitative estimate of drug-likeness (QED) is 0.792. The predicted molar refractivity (Wildman–Crippen MR) is 90.2 cm³/mol. The first-order valence-corrected chi connectivity index (χ1v) is 9.25. The summed E-state index contributed by atoms with van der Waals surface area (Å²) in [5.41, 5.74) is 2.11. The number of carbonyl (C=O) groups is 1. The Morgan fingerprint density at radius 3 is 3.05 bits per heavy atom. The fourth-order valence-electron chi connectivity index (χ4n) is 2.87. The Balaban J connectivity index is 1.71. The summed E-state index contributed by atoms with van der Waals surface area (Å²) < 4.78 is 1.05. The smallest absolute Gasteiger partial charge is 0.256 e. The normalized spacial score (nSPS) is 21.4. The summed E-state index contributed by atoms with van der Waals surface area (Å²) in [5.74, 6) is 0.0559. The second-order valence-electron chi connectivity index (χ2n) is 5.41. The molecule has 110 valence electrons. The highest BCUT2D eigenvalue weighted by Gasteiger charge is 2.33. The molecule has 0 bridgehead atoms. The molecule has 2 aromatic rings. The van der Waals surface area contributed by atoms with Crippen LogP contribution in [-0.4, -0.2) is 24.4 Å². The lowest BCUT2D eigenvalue weighted by Gasteiger charge is -2.26. The van der Waals surface area contributed by atoms with Crippen molar-refractivity contribution in [1.82, 2.24) is 10.2 Å². The molecule has 2 aromatic heterocycles. The van der Waals surface area contributed by atoms with Gasteiger partial charge in [-0.25, -0.2) is 0 Å². The number of thiophene rings is 2. The van der Waals surface area contributed by atoms with Crippen LogP contribution in [0.15, 0.2) is 15.9 Å². The number of hydrogen-bond acceptors (Lipinski definition) is 5. The van der Waals surface area contributed by atoms with E-state index in [1.165, 1.54) is 10.4 Å². The zero-order valence-electron chi connectivity index (χ0n) is 11.4. The highest BCUT2D eigenvalue weighted by atomic mass is 79.9. The molecule has 0 aromatic carbocycles. The first-order chi connectivity index (χ1) is 10.1. The Kier molecular flexibility index (Phi) is 3.33. The monoisotopic (exact) mass is 383 g/mol. The molecular formula is C14H14BrN3OS2. The van der Waals surface area contributed by atoms with Crippen LogP contribution in [0.1, 0.15) is 31.8 Å².